The summed E-state index contributed by atoms with van der Waals surface area (Å²) in [7, 11) is -5.19. The first kappa shape index (κ1) is 30.1. The second kappa shape index (κ2) is 10.8. The SMILES string of the molecule is Nc1nc2c(ncn2[C@@H]2OC3=C(F)[C@@H]2OP(=O)(S)OC[C@H]2O[C@@H](n4cnc5c(N)ncnc54)[C@@H](F)[C@@H]2OP(=O)(O)OC3)c(=O)[nH]1. The first-order valence-electron chi connectivity index (χ1n) is 12.6. The van der Waals surface area contributed by atoms with Gasteiger partial charge >= 0.3 is 14.6 Å². The van der Waals surface area contributed by atoms with E-state index in [9.17, 15) is 18.8 Å². The number of nitrogen functional groups attached to an aromatic ring is 2. The quantitative estimate of drug-likeness (QED) is 0.145. The third-order valence-electron chi connectivity index (χ3n) is 6.95. The van der Waals surface area contributed by atoms with Crippen molar-refractivity contribution in [3.8, 4) is 0 Å². The van der Waals surface area contributed by atoms with Crippen LogP contribution in [0.2, 0.25) is 0 Å². The van der Waals surface area contributed by atoms with Crippen molar-refractivity contribution in [3.63, 3.8) is 0 Å². The molecule has 45 heavy (non-hydrogen) atoms. The van der Waals surface area contributed by atoms with Crippen LogP contribution in [0.3, 0.4) is 0 Å². The van der Waals surface area contributed by atoms with Gasteiger partial charge in [0, 0.05) is 0 Å². The zero-order valence-electron chi connectivity index (χ0n) is 22.1. The first-order chi connectivity index (χ1) is 21.3. The van der Waals surface area contributed by atoms with Crippen molar-refractivity contribution in [2.24, 2.45) is 0 Å². The molecule has 1 saturated heterocycles. The smallest absolute Gasteiger partial charge is 0.466 e. The van der Waals surface area contributed by atoms with Crippen LogP contribution in [0.1, 0.15) is 12.5 Å². The maximum absolute atomic E-state index is 15.9. The molecule has 2 bridgehead atoms. The van der Waals surface area contributed by atoms with E-state index in [1.165, 1.54) is 0 Å². The number of aromatic amines is 1. The van der Waals surface area contributed by atoms with E-state index in [4.69, 9.17) is 39.0 Å². The van der Waals surface area contributed by atoms with E-state index in [2.05, 4.69) is 42.2 Å². The summed E-state index contributed by atoms with van der Waals surface area (Å²) in [6.07, 6.45) is -7.33. The molecule has 4 aromatic heterocycles. The van der Waals surface area contributed by atoms with Crippen LogP contribution in [0.15, 0.2) is 35.4 Å². The fourth-order valence-electron chi connectivity index (χ4n) is 4.98. The Labute approximate surface area is 253 Å². The number of hydrogen-bond donors (Lipinski definition) is 5. The van der Waals surface area contributed by atoms with Gasteiger partial charge in [-0.1, -0.05) is 12.2 Å². The molecule has 0 aromatic carbocycles. The molecule has 7 rings (SSSR count). The van der Waals surface area contributed by atoms with Crippen molar-refractivity contribution in [1.29, 1.82) is 0 Å². The normalized spacial score (nSPS) is 34.3. The van der Waals surface area contributed by atoms with Crippen LogP contribution in [0, 0.1) is 0 Å². The van der Waals surface area contributed by atoms with E-state index in [1.54, 1.807) is 0 Å². The Bertz CT molecular complexity index is 2030. The number of fused-ring (bicyclic) bond motifs is 4. The fourth-order valence-corrected chi connectivity index (χ4v) is 7.27. The Balaban J connectivity index is 1.21. The van der Waals surface area contributed by atoms with Gasteiger partial charge < -0.3 is 25.8 Å². The lowest BCUT2D eigenvalue weighted by molar-refractivity contribution is -0.0487. The maximum atomic E-state index is 15.9. The number of nitrogens with zero attached hydrogens (tertiary/aromatic N) is 7. The summed E-state index contributed by atoms with van der Waals surface area (Å²) < 4.78 is 92.2. The summed E-state index contributed by atoms with van der Waals surface area (Å²) in [6, 6.07) is 0. The first-order valence-corrected chi connectivity index (χ1v) is 16.8. The highest BCUT2D eigenvalue weighted by Crippen LogP contribution is 2.59. The number of nitrogens with one attached hydrogen (secondary N) is 1. The zero-order chi connectivity index (χ0) is 31.8. The summed E-state index contributed by atoms with van der Waals surface area (Å²) in [6.45, 7) is -6.42. The summed E-state index contributed by atoms with van der Waals surface area (Å²) in [4.78, 5) is 44.8. The van der Waals surface area contributed by atoms with Gasteiger partial charge in [0.2, 0.25) is 12.2 Å². The molecular weight excluding hydrogens is 672 g/mol. The third-order valence-corrected chi connectivity index (χ3v) is 9.52. The van der Waals surface area contributed by atoms with Gasteiger partial charge in [0.15, 0.2) is 52.7 Å². The van der Waals surface area contributed by atoms with E-state index in [0.29, 0.717) is 0 Å². The molecule has 0 aliphatic carbocycles. The van der Waals surface area contributed by atoms with E-state index in [0.717, 1.165) is 28.1 Å². The zero-order valence-corrected chi connectivity index (χ0v) is 24.8. The summed E-state index contributed by atoms with van der Waals surface area (Å²) in [5.41, 5.74) is 10.6. The van der Waals surface area contributed by atoms with Gasteiger partial charge in [0.25, 0.3) is 5.56 Å². The number of halogens is 2. The van der Waals surface area contributed by atoms with Crippen LogP contribution in [0.25, 0.3) is 22.3 Å². The highest BCUT2D eigenvalue weighted by molar-refractivity contribution is 8.44. The van der Waals surface area contributed by atoms with Crippen molar-refractivity contribution in [1.82, 2.24) is 39.0 Å². The van der Waals surface area contributed by atoms with Crippen LogP contribution in [0.5, 0.6) is 0 Å². The summed E-state index contributed by atoms with van der Waals surface area (Å²) in [5, 5.41) is 0. The number of thiol groups is 1. The lowest BCUT2D eigenvalue weighted by Crippen LogP contribution is -2.34. The van der Waals surface area contributed by atoms with Crippen LogP contribution in [-0.4, -0.2) is 81.6 Å². The van der Waals surface area contributed by atoms with Crippen molar-refractivity contribution in [3.05, 3.63) is 40.9 Å². The largest absolute Gasteiger partial charge is 0.473 e. The van der Waals surface area contributed by atoms with Gasteiger partial charge in [0.05, 0.1) is 12.9 Å². The molecule has 0 radical (unpaired) electrons. The van der Waals surface area contributed by atoms with Crippen molar-refractivity contribution in [2.75, 3.05) is 24.7 Å². The minimum absolute atomic E-state index is 0.00199. The van der Waals surface area contributed by atoms with Gasteiger partial charge in [-0.05, 0) is 0 Å². The second-order valence-electron chi connectivity index (χ2n) is 9.75. The number of H-pyrrole nitrogens is 1. The number of hydrogen-bond acceptors (Lipinski definition) is 16. The molecule has 2 unspecified atom stereocenters. The number of phosphoric acid groups is 1. The number of rotatable bonds is 2. The third kappa shape index (κ3) is 5.28. The number of alkyl halides is 1. The van der Waals surface area contributed by atoms with Crippen LogP contribution < -0.4 is 17.0 Å². The van der Waals surface area contributed by atoms with Gasteiger partial charge in [-0.3, -0.25) is 37.0 Å². The van der Waals surface area contributed by atoms with Gasteiger partial charge in [-0.15, -0.1) is 0 Å². The highest BCUT2D eigenvalue weighted by atomic mass is 32.7. The Morgan fingerprint density at radius 1 is 1.04 bits per heavy atom. The van der Waals surface area contributed by atoms with E-state index in [1.807, 2.05) is 0 Å². The van der Waals surface area contributed by atoms with Crippen LogP contribution in [0.4, 0.5) is 20.5 Å². The Kier molecular flexibility index (Phi) is 7.22. The molecule has 0 spiro atoms. The van der Waals surface area contributed by atoms with Crippen LogP contribution in [-0.2, 0) is 36.7 Å². The molecule has 25 heteroatoms. The van der Waals surface area contributed by atoms with Crippen molar-refractivity contribution < 1.29 is 50.4 Å². The number of phosphoric ester groups is 1. The monoisotopic (exact) mass is 692 g/mol. The molecule has 6 N–H and O–H groups in total. The second-order valence-corrected chi connectivity index (χ2v) is 14.0. The van der Waals surface area contributed by atoms with Crippen molar-refractivity contribution >= 4 is 61.0 Å². The Morgan fingerprint density at radius 3 is 2.56 bits per heavy atom. The number of ether oxygens (including phenoxy) is 2. The van der Waals surface area contributed by atoms with E-state index in [-0.39, 0.29) is 34.1 Å². The molecule has 240 valence electrons. The van der Waals surface area contributed by atoms with Gasteiger partial charge in [-0.2, -0.15) is 4.98 Å². The topological polar surface area (TPSA) is 269 Å². The molecule has 3 aliphatic heterocycles. The van der Waals surface area contributed by atoms with Crippen molar-refractivity contribution in [2.45, 2.75) is 36.9 Å². The Morgan fingerprint density at radius 2 is 1.78 bits per heavy atom. The average Bonchev–Trinajstić information content (AvgIpc) is 3.72. The minimum atomic E-state index is -5.19. The lowest BCUT2D eigenvalue weighted by Gasteiger charge is -2.26. The molecule has 20 nitrogen and oxygen atoms in total. The average molecular weight is 692 g/mol. The number of imidazole rings is 2. The lowest BCUT2D eigenvalue weighted by atomic mass is 10.1. The molecule has 4 aromatic rings. The maximum Gasteiger partial charge on any atom is 0.473 e. The number of nitrogens with two attached hydrogens (primary N) is 2. The molecule has 0 amide bonds. The van der Waals surface area contributed by atoms with E-state index < -0.39 is 81.9 Å². The standard InChI is InChI=1S/C20H20F2N10O10P2S/c21-8-6-1-37-43(34,35)41-12-7(40-18(9(12)22)31-4-27-10-14(23)25-3-26-15(10)31)2-38-44(36,45)42-13(8)19(39-6)32-5-28-11-16(32)29-20(24)30-17(11)33/h3-5,7,9,12-13,18-19H,1-2H2,(H,34,35)(H,36,45)(H2,23,25,26)(H3,24,29,30,33)/t7-,9+,12-,13+,18-,19-,44?/m1/s1. The number of aromatic nitrogens is 8. The van der Waals surface area contributed by atoms with Gasteiger partial charge in [0.1, 0.15) is 37.0 Å². The molecule has 1 fully saturated rings. The molecule has 7 heterocycles. The molecule has 8 atom stereocenters. The van der Waals surface area contributed by atoms with E-state index >= 15 is 8.78 Å². The predicted molar refractivity (Wildman–Crippen MR) is 147 cm³/mol. The highest BCUT2D eigenvalue weighted by Gasteiger charge is 2.53. The van der Waals surface area contributed by atoms with Gasteiger partial charge in [-0.25, -0.2) is 37.8 Å². The fraction of sp³-hybridized carbons (Fsp3) is 0.400. The summed E-state index contributed by atoms with van der Waals surface area (Å²) in [5.74, 6) is -2.25. The summed E-state index contributed by atoms with van der Waals surface area (Å²) >= 11 is 3.93. The minimum Gasteiger partial charge on any atom is -0.466 e. The Hall–Kier alpha value is -3.53. The molecular formula is C20H20F2N10O10P2S. The molecule has 0 saturated carbocycles. The molecule has 3 aliphatic rings. The van der Waals surface area contributed by atoms with Crippen LogP contribution >= 0.6 is 26.9 Å². The predicted octanol–water partition coefficient (Wildman–Crippen LogP) is 1.02. The number of anilines is 2.